The Morgan fingerprint density at radius 1 is 0.786 bits per heavy atom. The number of rotatable bonds is 7. The van der Waals surface area contributed by atoms with Crippen molar-refractivity contribution in [1.29, 1.82) is 0 Å². The van der Waals surface area contributed by atoms with Crippen LogP contribution in [0.25, 0.3) is 0 Å². The molecule has 28 heavy (non-hydrogen) atoms. The molecule has 0 aliphatic heterocycles. The Hall–Kier alpha value is -1.80. The summed E-state index contributed by atoms with van der Waals surface area (Å²) < 4.78 is 16.0. The number of nitrogens with one attached hydrogen (secondary N) is 1. The van der Waals surface area contributed by atoms with Gasteiger partial charge in [-0.3, -0.25) is 0 Å². The van der Waals surface area contributed by atoms with Gasteiger partial charge in [-0.2, -0.15) is 0 Å². The standard InChI is InChI=1S/C24H28NOPS/c1-24(2,3)28(26)25-23(20-13-7-4-8-14-20)19-27(21-15-9-5-10-16-21)22-17-11-6-12-18-22/h4-18,23,25H,19H2,1-3H3/t23-,28-/m0/s1. The van der Waals surface area contributed by atoms with Gasteiger partial charge in [0.1, 0.15) is 0 Å². The first kappa shape index (κ1) is 20.9. The fourth-order valence-electron chi connectivity index (χ4n) is 2.96. The molecule has 0 heterocycles. The Bertz CT molecular complexity index is 839. The highest BCUT2D eigenvalue weighted by Crippen LogP contribution is 2.38. The van der Waals surface area contributed by atoms with E-state index >= 15 is 0 Å². The van der Waals surface area contributed by atoms with Crippen molar-refractivity contribution in [3.63, 3.8) is 0 Å². The Labute approximate surface area is 172 Å². The van der Waals surface area contributed by atoms with Crippen LogP contribution in [0.5, 0.6) is 0 Å². The summed E-state index contributed by atoms with van der Waals surface area (Å²) >= 11 is 0. The number of hydrogen-bond donors (Lipinski definition) is 1. The molecule has 3 aromatic carbocycles. The summed E-state index contributed by atoms with van der Waals surface area (Å²) in [5, 5.41) is 2.68. The van der Waals surface area contributed by atoms with E-state index in [0.717, 1.165) is 6.16 Å². The second-order valence-electron chi connectivity index (χ2n) is 7.74. The van der Waals surface area contributed by atoms with Gasteiger partial charge < -0.3 is 0 Å². The third kappa shape index (κ3) is 5.61. The van der Waals surface area contributed by atoms with Crippen LogP contribution in [-0.2, 0) is 11.0 Å². The summed E-state index contributed by atoms with van der Waals surface area (Å²) in [5.74, 6) is 0. The van der Waals surface area contributed by atoms with Crippen LogP contribution in [0, 0.1) is 0 Å². The SMILES string of the molecule is CC(C)(C)[S@](=O)N[C@@H](CP(c1ccccc1)c1ccccc1)c1ccccc1. The van der Waals surface area contributed by atoms with Crippen LogP contribution in [0.3, 0.4) is 0 Å². The van der Waals surface area contributed by atoms with Crippen molar-refractivity contribution in [2.75, 3.05) is 6.16 Å². The molecule has 0 unspecified atom stereocenters. The quantitative estimate of drug-likeness (QED) is 0.552. The van der Waals surface area contributed by atoms with E-state index in [9.17, 15) is 4.21 Å². The molecule has 146 valence electrons. The predicted octanol–water partition coefficient (Wildman–Crippen LogP) is 4.91. The number of benzene rings is 3. The maximum Gasteiger partial charge on any atom is 0.0976 e. The zero-order chi connectivity index (χ0) is 20.0. The molecular weight excluding hydrogens is 381 g/mol. The average molecular weight is 410 g/mol. The first-order valence-corrected chi connectivity index (χ1v) is 12.2. The molecule has 2 atom stereocenters. The monoisotopic (exact) mass is 409 g/mol. The van der Waals surface area contributed by atoms with E-state index in [-0.39, 0.29) is 10.8 Å². The van der Waals surface area contributed by atoms with Crippen LogP contribution in [0.2, 0.25) is 0 Å². The number of hydrogen-bond acceptors (Lipinski definition) is 1. The Balaban J connectivity index is 1.97. The molecule has 0 saturated carbocycles. The summed E-state index contributed by atoms with van der Waals surface area (Å²) in [4.78, 5) is 0. The molecule has 0 spiro atoms. The van der Waals surface area contributed by atoms with Crippen LogP contribution in [-0.4, -0.2) is 15.1 Å². The Kier molecular flexibility index (Phi) is 7.18. The third-order valence-corrected chi connectivity index (χ3v) is 8.69. The maximum absolute atomic E-state index is 12.9. The lowest BCUT2D eigenvalue weighted by Gasteiger charge is -2.28. The molecule has 3 aromatic rings. The van der Waals surface area contributed by atoms with Crippen molar-refractivity contribution in [1.82, 2.24) is 4.72 Å². The van der Waals surface area contributed by atoms with E-state index in [1.165, 1.54) is 16.2 Å². The molecule has 2 nitrogen and oxygen atoms in total. The predicted molar refractivity (Wildman–Crippen MR) is 124 cm³/mol. The smallest absolute Gasteiger partial charge is 0.0976 e. The van der Waals surface area contributed by atoms with Crippen molar-refractivity contribution >= 4 is 29.5 Å². The molecule has 0 saturated heterocycles. The highest BCUT2D eigenvalue weighted by atomic mass is 32.2. The van der Waals surface area contributed by atoms with Crippen molar-refractivity contribution in [2.45, 2.75) is 31.6 Å². The summed E-state index contributed by atoms with van der Waals surface area (Å²) in [5.41, 5.74) is 1.18. The third-order valence-electron chi connectivity index (χ3n) is 4.51. The van der Waals surface area contributed by atoms with Crippen LogP contribution >= 0.6 is 7.92 Å². The molecule has 0 amide bonds. The minimum Gasteiger partial charge on any atom is -0.242 e. The Morgan fingerprint density at radius 3 is 1.64 bits per heavy atom. The van der Waals surface area contributed by atoms with Gasteiger partial charge >= 0.3 is 0 Å². The minimum absolute atomic E-state index is 0.0211. The van der Waals surface area contributed by atoms with E-state index in [2.05, 4.69) is 89.7 Å². The molecule has 0 aromatic heterocycles. The highest BCUT2D eigenvalue weighted by Gasteiger charge is 2.26. The first-order chi connectivity index (χ1) is 13.4. The van der Waals surface area contributed by atoms with Gasteiger partial charge in [-0.25, -0.2) is 8.93 Å². The fraction of sp³-hybridized carbons (Fsp3) is 0.250. The summed E-state index contributed by atoms with van der Waals surface area (Å²) in [6.07, 6.45) is 0.898. The summed E-state index contributed by atoms with van der Waals surface area (Å²) in [6, 6.07) is 31.8. The van der Waals surface area contributed by atoms with Crippen LogP contribution in [0.1, 0.15) is 32.4 Å². The second-order valence-corrected chi connectivity index (χ2v) is 12.0. The Morgan fingerprint density at radius 2 is 1.21 bits per heavy atom. The molecule has 3 rings (SSSR count). The van der Waals surface area contributed by atoms with Crippen molar-refractivity contribution in [3.8, 4) is 0 Å². The molecular formula is C24H28NOPS. The molecule has 4 heteroatoms. The van der Waals surface area contributed by atoms with E-state index in [1.54, 1.807) is 0 Å². The van der Waals surface area contributed by atoms with Crippen molar-refractivity contribution < 1.29 is 4.21 Å². The average Bonchev–Trinajstić information content (AvgIpc) is 2.72. The van der Waals surface area contributed by atoms with E-state index in [1.807, 2.05) is 26.8 Å². The van der Waals surface area contributed by atoms with Crippen LogP contribution in [0.15, 0.2) is 91.0 Å². The maximum atomic E-state index is 12.9. The normalized spacial score (nSPS) is 14.0. The largest absolute Gasteiger partial charge is 0.242 e. The molecule has 0 radical (unpaired) electrons. The topological polar surface area (TPSA) is 29.1 Å². The zero-order valence-electron chi connectivity index (χ0n) is 16.7. The van der Waals surface area contributed by atoms with Gasteiger partial charge in [-0.15, -0.1) is 0 Å². The molecule has 0 fully saturated rings. The van der Waals surface area contributed by atoms with Gasteiger partial charge in [0, 0.05) is 6.04 Å². The van der Waals surface area contributed by atoms with Gasteiger partial charge in [0.05, 0.1) is 15.7 Å². The van der Waals surface area contributed by atoms with E-state index in [0.29, 0.717) is 0 Å². The lowest BCUT2D eigenvalue weighted by molar-refractivity contribution is 0.618. The van der Waals surface area contributed by atoms with Gasteiger partial charge in [-0.05, 0) is 51.0 Å². The zero-order valence-corrected chi connectivity index (χ0v) is 18.4. The second kappa shape index (κ2) is 9.60. The molecule has 0 bridgehead atoms. The lowest BCUT2D eigenvalue weighted by Crippen LogP contribution is -2.37. The van der Waals surface area contributed by atoms with E-state index < -0.39 is 18.9 Å². The van der Waals surface area contributed by atoms with Crippen LogP contribution < -0.4 is 15.3 Å². The lowest BCUT2D eigenvalue weighted by atomic mass is 10.1. The minimum atomic E-state index is -1.14. The van der Waals surface area contributed by atoms with Crippen LogP contribution in [0.4, 0.5) is 0 Å². The molecule has 0 aliphatic carbocycles. The van der Waals surface area contributed by atoms with Crippen molar-refractivity contribution in [2.24, 2.45) is 0 Å². The van der Waals surface area contributed by atoms with Gasteiger partial charge in [0.2, 0.25) is 0 Å². The van der Waals surface area contributed by atoms with Gasteiger partial charge in [0.15, 0.2) is 0 Å². The van der Waals surface area contributed by atoms with E-state index in [4.69, 9.17) is 0 Å². The summed E-state index contributed by atoms with van der Waals surface area (Å²) in [7, 11) is -1.71. The fourth-order valence-corrected chi connectivity index (χ4v) is 6.37. The molecule has 0 aliphatic rings. The van der Waals surface area contributed by atoms with Crippen molar-refractivity contribution in [3.05, 3.63) is 96.6 Å². The van der Waals surface area contributed by atoms with Gasteiger partial charge in [-0.1, -0.05) is 91.0 Å². The highest BCUT2D eigenvalue weighted by molar-refractivity contribution is 7.84. The first-order valence-electron chi connectivity index (χ1n) is 9.56. The summed E-state index contributed by atoms with van der Waals surface area (Å²) in [6.45, 7) is 6.03. The molecule has 1 N–H and O–H groups in total. The van der Waals surface area contributed by atoms with Gasteiger partial charge in [0.25, 0.3) is 0 Å².